The molecule has 1 aliphatic rings. The number of carbonyl (C=O) groups excluding carboxylic acids is 1. The van der Waals surface area contributed by atoms with Gasteiger partial charge in [0, 0.05) is 6.54 Å². The van der Waals surface area contributed by atoms with Crippen molar-refractivity contribution < 1.29 is 18.3 Å². The maximum absolute atomic E-state index is 12.1. The molecule has 2 N–H and O–H groups in total. The Morgan fingerprint density at radius 2 is 2.11 bits per heavy atom. The van der Waals surface area contributed by atoms with Crippen LogP contribution < -0.4 is 5.32 Å². The molecule has 1 amide bonds. The van der Waals surface area contributed by atoms with Gasteiger partial charge in [0.15, 0.2) is 0 Å². The third-order valence-electron chi connectivity index (χ3n) is 3.26. The number of nitrogens with one attached hydrogen (secondary N) is 1. The van der Waals surface area contributed by atoms with Crippen molar-refractivity contribution >= 4 is 15.9 Å². The second kappa shape index (κ2) is 6.67. The van der Waals surface area contributed by atoms with E-state index >= 15 is 0 Å². The lowest BCUT2D eigenvalue weighted by Gasteiger charge is -2.25. The zero-order valence-corrected chi connectivity index (χ0v) is 12.6. The first-order valence-electron chi connectivity index (χ1n) is 6.63. The van der Waals surface area contributed by atoms with Crippen molar-refractivity contribution in [1.29, 1.82) is 0 Å². The van der Waals surface area contributed by atoms with Crippen LogP contribution in [0, 0.1) is 5.92 Å². The molecule has 0 radical (unpaired) electrons. The summed E-state index contributed by atoms with van der Waals surface area (Å²) in [5, 5.41) is 12.0. The quantitative estimate of drug-likeness (QED) is 0.717. The third kappa shape index (κ3) is 4.74. The Morgan fingerprint density at radius 1 is 1.47 bits per heavy atom. The van der Waals surface area contributed by atoms with Gasteiger partial charge in [-0.25, -0.2) is 8.42 Å². The molecule has 0 aromatic rings. The molecule has 1 heterocycles. The highest BCUT2D eigenvalue weighted by Gasteiger charge is 2.36. The molecule has 1 rings (SSSR count). The van der Waals surface area contributed by atoms with Crippen LogP contribution in [0.3, 0.4) is 0 Å². The van der Waals surface area contributed by atoms with E-state index in [1.165, 1.54) is 4.31 Å². The fraction of sp³-hybridized carbons (Fsp3) is 0.917. The number of hydrogen-bond acceptors (Lipinski definition) is 4. The summed E-state index contributed by atoms with van der Waals surface area (Å²) in [4.78, 5) is 12.1. The average molecular weight is 292 g/mol. The van der Waals surface area contributed by atoms with Gasteiger partial charge in [-0.1, -0.05) is 13.8 Å². The van der Waals surface area contributed by atoms with Crippen molar-refractivity contribution in [3.05, 3.63) is 0 Å². The smallest absolute Gasteiger partial charge is 0.238 e. The van der Waals surface area contributed by atoms with Crippen LogP contribution in [0.5, 0.6) is 0 Å². The number of carbonyl (C=O) groups is 1. The molecule has 0 aromatic heterocycles. The number of rotatable bonds is 6. The summed E-state index contributed by atoms with van der Waals surface area (Å²) >= 11 is 0. The molecule has 19 heavy (non-hydrogen) atoms. The molecule has 0 aromatic carbocycles. The summed E-state index contributed by atoms with van der Waals surface area (Å²) in [5.74, 6) is 0.0506. The Hall–Kier alpha value is -0.660. The van der Waals surface area contributed by atoms with Gasteiger partial charge < -0.3 is 10.4 Å². The SMILES string of the molecule is CC(C)CC(CO)NC(=O)C1CCCN1S(C)(=O)=O. The molecule has 1 fully saturated rings. The maximum Gasteiger partial charge on any atom is 0.238 e. The van der Waals surface area contributed by atoms with E-state index in [1.54, 1.807) is 0 Å². The second-order valence-corrected chi connectivity index (χ2v) is 7.48. The Morgan fingerprint density at radius 3 is 2.58 bits per heavy atom. The number of amides is 1. The predicted octanol–water partition coefficient (Wildman–Crippen LogP) is -0.0664. The summed E-state index contributed by atoms with van der Waals surface area (Å²) in [7, 11) is -3.35. The Balaban J connectivity index is 2.66. The standard InChI is InChI=1S/C12H24N2O4S/c1-9(2)7-10(8-15)13-12(16)11-5-4-6-14(11)19(3,17)18/h9-11,15H,4-8H2,1-3H3,(H,13,16). The molecule has 1 saturated heterocycles. The van der Waals surface area contributed by atoms with Gasteiger partial charge in [-0.2, -0.15) is 4.31 Å². The molecule has 2 unspecified atom stereocenters. The van der Waals surface area contributed by atoms with E-state index in [2.05, 4.69) is 5.32 Å². The van der Waals surface area contributed by atoms with Crippen LogP contribution in [-0.2, 0) is 14.8 Å². The summed E-state index contributed by atoms with van der Waals surface area (Å²) in [6, 6.07) is -0.939. The van der Waals surface area contributed by atoms with Gasteiger partial charge in [0.1, 0.15) is 6.04 Å². The molecule has 1 aliphatic heterocycles. The normalized spacial score (nSPS) is 22.7. The summed E-state index contributed by atoms with van der Waals surface area (Å²) < 4.78 is 24.4. The van der Waals surface area contributed by atoms with Crippen LogP contribution in [0.1, 0.15) is 33.1 Å². The van der Waals surface area contributed by atoms with Crippen molar-refractivity contribution in [2.24, 2.45) is 5.92 Å². The Bertz CT molecular complexity index is 408. The van der Waals surface area contributed by atoms with Crippen LogP contribution >= 0.6 is 0 Å². The van der Waals surface area contributed by atoms with Gasteiger partial charge in [-0.3, -0.25) is 4.79 Å². The molecule has 6 nitrogen and oxygen atoms in total. The van der Waals surface area contributed by atoms with E-state index in [0.29, 0.717) is 31.7 Å². The topological polar surface area (TPSA) is 86.7 Å². The fourth-order valence-electron chi connectivity index (χ4n) is 2.44. The van der Waals surface area contributed by atoms with Crippen LogP contribution in [0.25, 0.3) is 0 Å². The number of sulfonamides is 1. The van der Waals surface area contributed by atoms with Gasteiger partial charge >= 0.3 is 0 Å². The monoisotopic (exact) mass is 292 g/mol. The van der Waals surface area contributed by atoms with Crippen molar-refractivity contribution in [2.45, 2.75) is 45.2 Å². The van der Waals surface area contributed by atoms with E-state index in [-0.39, 0.29) is 18.6 Å². The van der Waals surface area contributed by atoms with E-state index in [0.717, 1.165) is 6.26 Å². The number of nitrogens with zero attached hydrogens (tertiary/aromatic N) is 1. The van der Waals surface area contributed by atoms with Crippen LogP contribution in [-0.4, -0.2) is 55.2 Å². The molecular weight excluding hydrogens is 268 g/mol. The minimum atomic E-state index is -3.35. The van der Waals surface area contributed by atoms with E-state index in [9.17, 15) is 18.3 Å². The second-order valence-electron chi connectivity index (χ2n) is 5.55. The first-order valence-corrected chi connectivity index (χ1v) is 8.48. The number of hydrogen-bond donors (Lipinski definition) is 2. The maximum atomic E-state index is 12.1. The third-order valence-corrected chi connectivity index (χ3v) is 4.54. The molecule has 112 valence electrons. The summed E-state index contributed by atoms with van der Waals surface area (Å²) in [5.41, 5.74) is 0. The van der Waals surface area contributed by atoms with Gasteiger partial charge in [0.25, 0.3) is 0 Å². The van der Waals surface area contributed by atoms with Gasteiger partial charge in [0.05, 0.1) is 18.9 Å². The average Bonchev–Trinajstić information content (AvgIpc) is 2.75. The largest absolute Gasteiger partial charge is 0.394 e. The minimum absolute atomic E-state index is 0.129. The molecular formula is C12H24N2O4S. The Kier molecular flexibility index (Phi) is 5.76. The van der Waals surface area contributed by atoms with Gasteiger partial charge in [-0.05, 0) is 25.2 Å². The zero-order valence-electron chi connectivity index (χ0n) is 11.8. The lowest BCUT2D eigenvalue weighted by atomic mass is 10.0. The molecule has 0 saturated carbocycles. The lowest BCUT2D eigenvalue weighted by molar-refractivity contribution is -0.125. The zero-order chi connectivity index (χ0) is 14.6. The van der Waals surface area contributed by atoms with Crippen molar-refractivity contribution in [3.8, 4) is 0 Å². The van der Waals surface area contributed by atoms with Crippen molar-refractivity contribution in [3.63, 3.8) is 0 Å². The summed E-state index contributed by atoms with van der Waals surface area (Å²) in [6.07, 6.45) is 3.03. The highest BCUT2D eigenvalue weighted by atomic mass is 32.2. The van der Waals surface area contributed by atoms with E-state index in [1.807, 2.05) is 13.8 Å². The molecule has 2 atom stereocenters. The molecule has 7 heteroatoms. The number of aliphatic hydroxyl groups is 1. The molecule has 0 bridgehead atoms. The van der Waals surface area contributed by atoms with Crippen molar-refractivity contribution in [1.82, 2.24) is 9.62 Å². The van der Waals surface area contributed by atoms with Crippen LogP contribution in [0.2, 0.25) is 0 Å². The van der Waals surface area contributed by atoms with Gasteiger partial charge in [0.2, 0.25) is 15.9 Å². The van der Waals surface area contributed by atoms with Crippen LogP contribution in [0.15, 0.2) is 0 Å². The lowest BCUT2D eigenvalue weighted by Crippen LogP contribution is -2.49. The highest BCUT2D eigenvalue weighted by molar-refractivity contribution is 7.88. The van der Waals surface area contributed by atoms with Crippen LogP contribution in [0.4, 0.5) is 0 Å². The molecule has 0 aliphatic carbocycles. The highest BCUT2D eigenvalue weighted by Crippen LogP contribution is 2.20. The fourth-order valence-corrected chi connectivity index (χ4v) is 3.57. The first kappa shape index (κ1) is 16.4. The van der Waals surface area contributed by atoms with E-state index < -0.39 is 16.1 Å². The Labute approximate surface area is 115 Å². The minimum Gasteiger partial charge on any atom is -0.394 e. The summed E-state index contributed by atoms with van der Waals surface area (Å²) in [6.45, 7) is 4.28. The molecule has 0 spiro atoms. The van der Waals surface area contributed by atoms with Crippen molar-refractivity contribution in [2.75, 3.05) is 19.4 Å². The van der Waals surface area contributed by atoms with Gasteiger partial charge in [-0.15, -0.1) is 0 Å². The first-order chi connectivity index (χ1) is 8.75. The van der Waals surface area contributed by atoms with E-state index in [4.69, 9.17) is 0 Å². The number of aliphatic hydroxyl groups excluding tert-OH is 1. The predicted molar refractivity (Wildman–Crippen MR) is 73.0 cm³/mol.